The Morgan fingerprint density at radius 1 is 1.38 bits per heavy atom. The smallest absolute Gasteiger partial charge is 0.258 e. The maximum Gasteiger partial charge on any atom is 0.258 e. The van der Waals surface area contributed by atoms with Gasteiger partial charge in [0.25, 0.3) is 5.56 Å². The van der Waals surface area contributed by atoms with E-state index >= 15 is 0 Å². The summed E-state index contributed by atoms with van der Waals surface area (Å²) in [7, 11) is 0. The summed E-state index contributed by atoms with van der Waals surface area (Å²) in [6, 6.07) is 7.81. The number of nitrogens with one attached hydrogen (secondary N) is 2. The molecule has 2 aromatic rings. The van der Waals surface area contributed by atoms with Crippen molar-refractivity contribution in [2.45, 2.75) is 32.4 Å². The molecule has 0 bridgehead atoms. The Bertz CT molecular complexity index is 662. The van der Waals surface area contributed by atoms with Crippen LogP contribution < -0.4 is 10.9 Å². The van der Waals surface area contributed by atoms with E-state index in [-0.39, 0.29) is 5.56 Å². The number of hydrogen-bond acceptors (Lipinski definition) is 4. The predicted molar refractivity (Wildman–Crippen MR) is 82.2 cm³/mol. The van der Waals surface area contributed by atoms with Crippen molar-refractivity contribution in [3.05, 3.63) is 40.4 Å². The fraction of sp³-hybridized carbons (Fsp3) is 0.500. The number of para-hydroxylation sites is 1. The van der Waals surface area contributed by atoms with Crippen LogP contribution in [-0.4, -0.2) is 29.2 Å². The summed E-state index contributed by atoms with van der Waals surface area (Å²) < 4.78 is 5.39. The molecule has 5 nitrogen and oxygen atoms in total. The van der Waals surface area contributed by atoms with E-state index in [1.807, 2.05) is 18.2 Å². The molecule has 0 spiro atoms. The summed E-state index contributed by atoms with van der Waals surface area (Å²) in [5.74, 6) is 1.32. The summed E-state index contributed by atoms with van der Waals surface area (Å²) >= 11 is 0. The van der Waals surface area contributed by atoms with Crippen molar-refractivity contribution in [2.75, 3.05) is 13.2 Å². The van der Waals surface area contributed by atoms with Crippen LogP contribution >= 0.6 is 0 Å². The first-order valence-corrected chi connectivity index (χ1v) is 7.53. The Morgan fingerprint density at radius 2 is 2.14 bits per heavy atom. The van der Waals surface area contributed by atoms with Gasteiger partial charge in [0.05, 0.1) is 17.4 Å². The summed E-state index contributed by atoms with van der Waals surface area (Å²) in [5.41, 5.74) is 0.674. The van der Waals surface area contributed by atoms with E-state index < -0.39 is 0 Å². The van der Waals surface area contributed by atoms with Crippen LogP contribution in [-0.2, 0) is 11.3 Å². The monoisotopic (exact) mass is 287 g/mol. The molecule has 1 unspecified atom stereocenters. The van der Waals surface area contributed by atoms with Crippen LogP contribution in [0.4, 0.5) is 0 Å². The third-order valence-electron chi connectivity index (χ3n) is 4.23. The van der Waals surface area contributed by atoms with Gasteiger partial charge in [-0.05, 0) is 37.8 Å². The van der Waals surface area contributed by atoms with Crippen LogP contribution in [0.15, 0.2) is 29.1 Å². The van der Waals surface area contributed by atoms with E-state index in [1.54, 1.807) is 6.07 Å². The van der Waals surface area contributed by atoms with Crippen LogP contribution in [0.2, 0.25) is 0 Å². The minimum atomic E-state index is -0.0730. The lowest BCUT2D eigenvalue weighted by molar-refractivity contribution is 0.0557. The first-order valence-electron chi connectivity index (χ1n) is 7.53. The number of benzene rings is 1. The molecule has 1 aromatic heterocycles. The number of ether oxygens (including phenoxy) is 1. The second-order valence-electron chi connectivity index (χ2n) is 5.65. The Morgan fingerprint density at radius 3 is 2.95 bits per heavy atom. The summed E-state index contributed by atoms with van der Waals surface area (Å²) in [4.78, 5) is 19.4. The lowest BCUT2D eigenvalue weighted by atomic mass is 9.93. The average molecular weight is 287 g/mol. The van der Waals surface area contributed by atoms with Gasteiger partial charge in [0.15, 0.2) is 0 Å². The molecule has 0 saturated carbocycles. The summed E-state index contributed by atoms with van der Waals surface area (Å²) in [6.07, 6.45) is 2.19. The van der Waals surface area contributed by atoms with Crippen LogP contribution in [0.5, 0.6) is 0 Å². The van der Waals surface area contributed by atoms with E-state index in [1.165, 1.54) is 0 Å². The van der Waals surface area contributed by atoms with Crippen molar-refractivity contribution >= 4 is 10.9 Å². The zero-order valence-electron chi connectivity index (χ0n) is 12.3. The van der Waals surface area contributed by atoms with Gasteiger partial charge in [0, 0.05) is 19.3 Å². The SMILES string of the molecule is CC(NCc1nc2ccccc2c(=O)[nH]1)C1CCOCC1. The van der Waals surface area contributed by atoms with Crippen molar-refractivity contribution in [2.24, 2.45) is 5.92 Å². The fourth-order valence-electron chi connectivity index (χ4n) is 2.86. The lowest BCUT2D eigenvalue weighted by Crippen LogP contribution is -2.37. The van der Waals surface area contributed by atoms with Crippen molar-refractivity contribution < 1.29 is 4.74 Å². The van der Waals surface area contributed by atoms with E-state index in [0.29, 0.717) is 29.7 Å². The Kier molecular flexibility index (Phi) is 4.31. The topological polar surface area (TPSA) is 67.0 Å². The molecule has 2 heterocycles. The molecule has 3 rings (SSSR count). The second-order valence-corrected chi connectivity index (χ2v) is 5.65. The van der Waals surface area contributed by atoms with Gasteiger partial charge in [-0.2, -0.15) is 0 Å². The minimum absolute atomic E-state index is 0.0730. The molecule has 112 valence electrons. The highest BCUT2D eigenvalue weighted by Crippen LogP contribution is 2.18. The Hall–Kier alpha value is -1.72. The molecule has 1 aromatic carbocycles. The van der Waals surface area contributed by atoms with Crippen LogP contribution in [0.1, 0.15) is 25.6 Å². The molecule has 1 aliphatic rings. The Balaban J connectivity index is 1.69. The van der Waals surface area contributed by atoms with Crippen LogP contribution in [0.3, 0.4) is 0 Å². The number of hydrogen-bond donors (Lipinski definition) is 2. The lowest BCUT2D eigenvalue weighted by Gasteiger charge is -2.28. The van der Waals surface area contributed by atoms with Gasteiger partial charge >= 0.3 is 0 Å². The fourth-order valence-corrected chi connectivity index (χ4v) is 2.86. The van der Waals surface area contributed by atoms with Crippen molar-refractivity contribution in [1.29, 1.82) is 0 Å². The first kappa shape index (κ1) is 14.2. The van der Waals surface area contributed by atoms with Crippen LogP contribution in [0.25, 0.3) is 10.9 Å². The zero-order chi connectivity index (χ0) is 14.7. The highest BCUT2D eigenvalue weighted by molar-refractivity contribution is 5.77. The number of fused-ring (bicyclic) bond motifs is 1. The molecule has 1 aliphatic heterocycles. The van der Waals surface area contributed by atoms with Crippen molar-refractivity contribution in [1.82, 2.24) is 15.3 Å². The number of aromatic nitrogens is 2. The average Bonchev–Trinajstić information content (AvgIpc) is 2.53. The maximum atomic E-state index is 12.0. The predicted octanol–water partition coefficient (Wildman–Crippen LogP) is 1.83. The van der Waals surface area contributed by atoms with Gasteiger partial charge in [-0.25, -0.2) is 4.98 Å². The molecule has 0 radical (unpaired) electrons. The third-order valence-corrected chi connectivity index (χ3v) is 4.23. The number of rotatable bonds is 4. The Labute approximate surface area is 123 Å². The normalized spacial score (nSPS) is 18.0. The van der Waals surface area contributed by atoms with Gasteiger partial charge in [-0.1, -0.05) is 12.1 Å². The van der Waals surface area contributed by atoms with Gasteiger partial charge in [0.1, 0.15) is 5.82 Å². The molecular weight excluding hydrogens is 266 g/mol. The van der Waals surface area contributed by atoms with Crippen LogP contribution in [0, 0.1) is 5.92 Å². The largest absolute Gasteiger partial charge is 0.381 e. The molecule has 1 atom stereocenters. The van der Waals surface area contributed by atoms with Gasteiger partial charge in [0.2, 0.25) is 0 Å². The van der Waals surface area contributed by atoms with E-state index in [9.17, 15) is 4.79 Å². The van der Waals surface area contributed by atoms with Gasteiger partial charge < -0.3 is 15.0 Å². The van der Waals surface area contributed by atoms with Crippen molar-refractivity contribution in [3.63, 3.8) is 0 Å². The third kappa shape index (κ3) is 3.31. The molecule has 1 fully saturated rings. The standard InChI is InChI=1S/C16H21N3O2/c1-11(12-6-8-21-9-7-12)17-10-15-18-14-5-3-2-4-13(14)16(20)19-15/h2-5,11-12,17H,6-10H2,1H3,(H,18,19,20). The van der Waals surface area contributed by atoms with E-state index in [2.05, 4.69) is 22.2 Å². The highest BCUT2D eigenvalue weighted by atomic mass is 16.5. The molecule has 0 aliphatic carbocycles. The molecule has 21 heavy (non-hydrogen) atoms. The molecule has 5 heteroatoms. The van der Waals surface area contributed by atoms with Gasteiger partial charge in [-0.15, -0.1) is 0 Å². The minimum Gasteiger partial charge on any atom is -0.381 e. The highest BCUT2D eigenvalue weighted by Gasteiger charge is 2.20. The van der Waals surface area contributed by atoms with E-state index in [4.69, 9.17) is 4.74 Å². The van der Waals surface area contributed by atoms with E-state index in [0.717, 1.165) is 31.6 Å². The van der Waals surface area contributed by atoms with Gasteiger partial charge in [-0.3, -0.25) is 4.79 Å². The molecule has 0 amide bonds. The maximum absolute atomic E-state index is 12.0. The first-order chi connectivity index (χ1) is 10.2. The second kappa shape index (κ2) is 6.37. The summed E-state index contributed by atoms with van der Waals surface area (Å²) in [5, 5.41) is 4.11. The molecular formula is C16H21N3O2. The quantitative estimate of drug-likeness (QED) is 0.900. The number of aromatic amines is 1. The zero-order valence-corrected chi connectivity index (χ0v) is 12.3. The number of H-pyrrole nitrogens is 1. The molecule has 1 saturated heterocycles. The molecule has 2 N–H and O–H groups in total. The number of nitrogens with zero attached hydrogens (tertiary/aromatic N) is 1. The summed E-state index contributed by atoms with van der Waals surface area (Å²) in [6.45, 7) is 4.47. The van der Waals surface area contributed by atoms with Crippen molar-refractivity contribution in [3.8, 4) is 0 Å².